The van der Waals surface area contributed by atoms with Gasteiger partial charge in [0.25, 0.3) is 0 Å². The first-order chi connectivity index (χ1) is 5.66. The summed E-state index contributed by atoms with van der Waals surface area (Å²) in [5.41, 5.74) is 5.31. The molecule has 1 heterocycles. The highest BCUT2D eigenvalue weighted by atomic mass is 19.1. The van der Waals surface area contributed by atoms with Crippen molar-refractivity contribution in [1.82, 2.24) is 0 Å². The normalized spacial score (nSPS) is 20.4. The summed E-state index contributed by atoms with van der Waals surface area (Å²) >= 11 is 0. The molecule has 1 atom stereocenters. The Hall–Kier alpha value is -1.09. The number of hydrogen-bond acceptors (Lipinski definition) is 1. The highest BCUT2D eigenvalue weighted by Gasteiger charge is 2.23. The maximum atomic E-state index is 12.9. The number of rotatable bonds is 0. The standard InChI is InChI=1S/C9H10FNO/c1-5-2-6-3-7(10)4-8(11)9(6)12-5/h3-5H,2,11H2,1H3/p+1. The van der Waals surface area contributed by atoms with Crippen LogP contribution in [0, 0.1) is 5.82 Å². The van der Waals surface area contributed by atoms with Gasteiger partial charge in [0.15, 0.2) is 11.4 Å². The third-order valence-electron chi connectivity index (χ3n) is 2.03. The summed E-state index contributed by atoms with van der Waals surface area (Å²) in [6.45, 7) is 1.97. The molecule has 2 nitrogen and oxygen atoms in total. The van der Waals surface area contributed by atoms with Crippen molar-refractivity contribution >= 4 is 5.69 Å². The lowest BCUT2D eigenvalue weighted by atomic mass is 10.1. The van der Waals surface area contributed by atoms with Gasteiger partial charge in [-0.15, -0.1) is 0 Å². The van der Waals surface area contributed by atoms with Gasteiger partial charge in [-0.2, -0.15) is 0 Å². The van der Waals surface area contributed by atoms with Gasteiger partial charge >= 0.3 is 0 Å². The Bertz CT molecular complexity index is 325. The van der Waals surface area contributed by atoms with Crippen LogP contribution in [0.25, 0.3) is 0 Å². The lowest BCUT2D eigenvalue weighted by Gasteiger charge is -2.02. The second-order valence-corrected chi connectivity index (χ2v) is 3.19. The third kappa shape index (κ3) is 1.06. The second kappa shape index (κ2) is 2.45. The molecule has 0 radical (unpaired) electrons. The molecular formula is C9H11FNO+. The van der Waals surface area contributed by atoms with Crippen molar-refractivity contribution in [2.75, 3.05) is 0 Å². The minimum absolute atomic E-state index is 0.155. The van der Waals surface area contributed by atoms with E-state index in [1.165, 1.54) is 12.1 Å². The fourth-order valence-electron chi connectivity index (χ4n) is 1.57. The molecule has 0 saturated heterocycles. The predicted octanol–water partition coefficient (Wildman–Crippen LogP) is 1.02. The molecule has 12 heavy (non-hydrogen) atoms. The van der Waals surface area contributed by atoms with Crippen molar-refractivity contribution < 1.29 is 14.9 Å². The van der Waals surface area contributed by atoms with Crippen molar-refractivity contribution in [2.45, 2.75) is 19.4 Å². The summed E-state index contributed by atoms with van der Waals surface area (Å²) in [6, 6.07) is 2.92. The van der Waals surface area contributed by atoms with E-state index in [0.29, 0.717) is 5.69 Å². The largest absolute Gasteiger partial charge is 0.484 e. The van der Waals surface area contributed by atoms with Crippen LogP contribution in [0.5, 0.6) is 5.75 Å². The molecule has 0 fully saturated rings. The van der Waals surface area contributed by atoms with E-state index in [4.69, 9.17) is 4.74 Å². The van der Waals surface area contributed by atoms with Crippen molar-refractivity contribution in [3.63, 3.8) is 0 Å². The molecule has 0 aliphatic carbocycles. The molecule has 0 aromatic heterocycles. The molecule has 1 unspecified atom stereocenters. The fourth-order valence-corrected chi connectivity index (χ4v) is 1.57. The van der Waals surface area contributed by atoms with E-state index < -0.39 is 0 Å². The van der Waals surface area contributed by atoms with Gasteiger partial charge in [-0.3, -0.25) is 0 Å². The van der Waals surface area contributed by atoms with Crippen LogP contribution in [0.3, 0.4) is 0 Å². The van der Waals surface area contributed by atoms with Crippen LogP contribution in [0.1, 0.15) is 12.5 Å². The first-order valence-corrected chi connectivity index (χ1v) is 3.98. The smallest absolute Gasteiger partial charge is 0.183 e. The first-order valence-electron chi connectivity index (χ1n) is 3.98. The van der Waals surface area contributed by atoms with E-state index in [9.17, 15) is 4.39 Å². The van der Waals surface area contributed by atoms with Crippen LogP contribution in [0.2, 0.25) is 0 Å². The fraction of sp³-hybridized carbons (Fsp3) is 0.333. The lowest BCUT2D eigenvalue weighted by Crippen LogP contribution is -2.40. The Morgan fingerprint density at radius 1 is 1.58 bits per heavy atom. The van der Waals surface area contributed by atoms with Gasteiger partial charge in [0.05, 0.1) is 0 Å². The van der Waals surface area contributed by atoms with Crippen molar-refractivity contribution in [3.05, 3.63) is 23.5 Å². The van der Waals surface area contributed by atoms with Gasteiger partial charge in [-0.25, -0.2) is 4.39 Å². The predicted molar refractivity (Wildman–Crippen MR) is 42.7 cm³/mol. The minimum Gasteiger partial charge on any atom is -0.484 e. The maximum Gasteiger partial charge on any atom is 0.183 e. The zero-order valence-electron chi connectivity index (χ0n) is 6.93. The summed E-state index contributed by atoms with van der Waals surface area (Å²) < 4.78 is 18.3. The van der Waals surface area contributed by atoms with E-state index in [1.54, 1.807) is 0 Å². The maximum absolute atomic E-state index is 12.9. The number of halogens is 1. The lowest BCUT2D eigenvalue weighted by molar-refractivity contribution is -0.256. The number of hydrogen-bond donors (Lipinski definition) is 1. The average Bonchev–Trinajstić information content (AvgIpc) is 2.29. The number of fused-ring (bicyclic) bond motifs is 1. The summed E-state index contributed by atoms with van der Waals surface area (Å²) in [6.07, 6.45) is 0.942. The van der Waals surface area contributed by atoms with Crippen molar-refractivity contribution in [2.24, 2.45) is 0 Å². The van der Waals surface area contributed by atoms with Crippen molar-refractivity contribution in [1.29, 1.82) is 0 Å². The first kappa shape index (κ1) is 7.55. The van der Waals surface area contributed by atoms with Crippen LogP contribution in [0.15, 0.2) is 12.1 Å². The highest BCUT2D eigenvalue weighted by molar-refractivity contribution is 5.53. The van der Waals surface area contributed by atoms with Crippen LogP contribution < -0.4 is 10.5 Å². The third-order valence-corrected chi connectivity index (χ3v) is 2.03. The summed E-state index contributed by atoms with van der Waals surface area (Å²) in [4.78, 5) is 0. The Morgan fingerprint density at radius 3 is 3.08 bits per heavy atom. The quantitative estimate of drug-likeness (QED) is 0.617. The van der Waals surface area contributed by atoms with Gasteiger partial charge < -0.3 is 10.5 Å². The van der Waals surface area contributed by atoms with Crippen LogP contribution in [0.4, 0.5) is 10.1 Å². The van der Waals surface area contributed by atoms with Gasteiger partial charge in [0.2, 0.25) is 0 Å². The van der Waals surface area contributed by atoms with Gasteiger partial charge in [-0.05, 0) is 13.0 Å². The van der Waals surface area contributed by atoms with Crippen LogP contribution in [-0.2, 0) is 6.42 Å². The van der Waals surface area contributed by atoms with E-state index >= 15 is 0 Å². The van der Waals surface area contributed by atoms with Gasteiger partial charge in [0, 0.05) is 18.1 Å². The Kier molecular flexibility index (Phi) is 1.54. The molecule has 0 amide bonds. The highest BCUT2D eigenvalue weighted by Crippen LogP contribution is 2.33. The van der Waals surface area contributed by atoms with Gasteiger partial charge in [0.1, 0.15) is 11.9 Å². The van der Waals surface area contributed by atoms with Crippen LogP contribution in [-0.4, -0.2) is 6.10 Å². The molecule has 2 rings (SSSR count). The average molecular weight is 168 g/mol. The van der Waals surface area contributed by atoms with E-state index in [1.807, 2.05) is 6.92 Å². The molecule has 3 N–H and O–H groups in total. The molecule has 3 heteroatoms. The summed E-state index contributed by atoms with van der Waals surface area (Å²) in [7, 11) is 0. The zero-order chi connectivity index (χ0) is 8.72. The molecule has 1 aromatic rings. The summed E-state index contributed by atoms with van der Waals surface area (Å²) in [5.74, 6) is 0.542. The van der Waals surface area contributed by atoms with E-state index in [-0.39, 0.29) is 11.9 Å². The molecule has 64 valence electrons. The summed E-state index contributed by atoms with van der Waals surface area (Å²) in [5, 5.41) is 0. The molecule has 0 saturated carbocycles. The van der Waals surface area contributed by atoms with E-state index in [0.717, 1.165) is 17.7 Å². The number of quaternary nitrogens is 1. The monoisotopic (exact) mass is 168 g/mol. The van der Waals surface area contributed by atoms with Crippen molar-refractivity contribution in [3.8, 4) is 5.75 Å². The van der Waals surface area contributed by atoms with E-state index in [2.05, 4.69) is 5.73 Å². The molecular weight excluding hydrogens is 157 g/mol. The topological polar surface area (TPSA) is 36.9 Å². The molecule has 0 bridgehead atoms. The molecule has 1 aliphatic heterocycles. The Morgan fingerprint density at radius 2 is 2.33 bits per heavy atom. The Balaban J connectivity index is 2.52. The van der Waals surface area contributed by atoms with Crippen LogP contribution >= 0.6 is 0 Å². The zero-order valence-corrected chi connectivity index (χ0v) is 6.93. The van der Waals surface area contributed by atoms with Gasteiger partial charge in [-0.1, -0.05) is 0 Å². The number of benzene rings is 1. The SMILES string of the molecule is CC1Cc2cc(F)cc([NH3+])c2O1. The minimum atomic E-state index is -0.226. The number of ether oxygens (including phenoxy) is 1. The molecule has 0 spiro atoms. The second-order valence-electron chi connectivity index (χ2n) is 3.19. The molecule has 1 aliphatic rings. The molecule has 1 aromatic carbocycles. The Labute approximate surface area is 70.1 Å².